The maximum Gasteiger partial charge on any atom is 0.209 e. The Bertz CT molecular complexity index is 587. The summed E-state index contributed by atoms with van der Waals surface area (Å²) in [5.41, 5.74) is 1.05. The van der Waals surface area contributed by atoms with Crippen molar-refractivity contribution in [3.05, 3.63) is 48.0 Å². The molecule has 122 valence electrons. The molecule has 7 heteroatoms. The second-order valence-electron chi connectivity index (χ2n) is 5.08. The summed E-state index contributed by atoms with van der Waals surface area (Å²) in [7, 11) is -1.81. The van der Waals surface area contributed by atoms with Crippen molar-refractivity contribution in [2.75, 3.05) is 20.0 Å². The predicted molar refractivity (Wildman–Crippen MR) is 82.7 cm³/mol. The lowest BCUT2D eigenvalue weighted by atomic mass is 10.1. The summed E-state index contributed by atoms with van der Waals surface area (Å²) in [5.74, 6) is 0. The fourth-order valence-corrected chi connectivity index (χ4v) is 2.87. The smallest absolute Gasteiger partial charge is 0.209 e. The van der Waals surface area contributed by atoms with Crippen molar-refractivity contribution < 1.29 is 22.6 Å². The first kappa shape index (κ1) is 17.1. The molecule has 0 fully saturated rings. The lowest BCUT2D eigenvalue weighted by Crippen LogP contribution is -2.48. The molecule has 6 nitrogen and oxygen atoms in total. The fourth-order valence-electron chi connectivity index (χ4n) is 2.14. The average Bonchev–Trinajstić information content (AvgIpc) is 2.48. The van der Waals surface area contributed by atoms with Crippen LogP contribution in [0.2, 0.25) is 0 Å². The quantitative estimate of drug-likeness (QED) is 0.758. The van der Waals surface area contributed by atoms with Crippen molar-refractivity contribution >= 4 is 10.0 Å². The van der Waals surface area contributed by atoms with E-state index in [0.29, 0.717) is 6.61 Å². The molecule has 0 aromatic heterocycles. The van der Waals surface area contributed by atoms with Gasteiger partial charge in [0.2, 0.25) is 10.0 Å². The van der Waals surface area contributed by atoms with Crippen molar-refractivity contribution in [3.8, 4) is 0 Å². The maximum atomic E-state index is 11.4. The van der Waals surface area contributed by atoms with Crippen LogP contribution < -0.4 is 4.72 Å². The van der Waals surface area contributed by atoms with E-state index in [1.54, 1.807) is 12.2 Å². The van der Waals surface area contributed by atoms with Gasteiger partial charge in [-0.3, -0.25) is 0 Å². The van der Waals surface area contributed by atoms with Crippen LogP contribution >= 0.6 is 0 Å². The standard InChI is InChI=1S/C15H21NO5S/c1-19-15-9-8-13(16-22(2,17)18)14(21-15)11-20-10-12-6-4-3-5-7-12/h3-9,13-16H,10-11H2,1-2H3/t13-,14-,15+/m1/s1. The Morgan fingerprint density at radius 3 is 2.59 bits per heavy atom. The number of hydrogen-bond donors (Lipinski definition) is 1. The first-order valence-electron chi connectivity index (χ1n) is 6.93. The summed E-state index contributed by atoms with van der Waals surface area (Å²) < 4.78 is 41.8. The third-order valence-electron chi connectivity index (χ3n) is 3.16. The van der Waals surface area contributed by atoms with Gasteiger partial charge < -0.3 is 14.2 Å². The molecule has 0 saturated carbocycles. The van der Waals surface area contributed by atoms with Gasteiger partial charge in [0.15, 0.2) is 6.29 Å². The highest BCUT2D eigenvalue weighted by molar-refractivity contribution is 7.88. The molecule has 1 heterocycles. The van der Waals surface area contributed by atoms with Crippen molar-refractivity contribution in [1.29, 1.82) is 0 Å². The Hall–Kier alpha value is -1.25. The van der Waals surface area contributed by atoms with Crippen LogP contribution in [0, 0.1) is 0 Å². The van der Waals surface area contributed by atoms with Gasteiger partial charge in [0.1, 0.15) is 6.10 Å². The molecular weight excluding hydrogens is 306 g/mol. The van der Waals surface area contributed by atoms with Crippen LogP contribution in [-0.4, -0.2) is 46.8 Å². The SMILES string of the molecule is CO[C@@H]1C=C[C@@H](NS(C)(=O)=O)[C@@H](COCc2ccccc2)O1. The van der Waals surface area contributed by atoms with E-state index in [9.17, 15) is 8.42 Å². The fraction of sp³-hybridized carbons (Fsp3) is 0.467. The minimum absolute atomic E-state index is 0.256. The second-order valence-corrected chi connectivity index (χ2v) is 6.86. The predicted octanol–water partition coefficient (Wildman–Crippen LogP) is 1.05. The Kier molecular flexibility index (Phi) is 6.10. The van der Waals surface area contributed by atoms with Gasteiger partial charge in [-0.25, -0.2) is 13.1 Å². The van der Waals surface area contributed by atoms with Gasteiger partial charge in [-0.05, 0) is 11.6 Å². The van der Waals surface area contributed by atoms with Crippen LogP contribution in [0.4, 0.5) is 0 Å². The van der Waals surface area contributed by atoms with Gasteiger partial charge in [0, 0.05) is 7.11 Å². The zero-order chi connectivity index (χ0) is 16.0. The summed E-state index contributed by atoms with van der Waals surface area (Å²) in [5, 5.41) is 0. The number of ether oxygens (including phenoxy) is 3. The second kappa shape index (κ2) is 7.85. The summed E-state index contributed by atoms with van der Waals surface area (Å²) in [6.07, 6.45) is 3.58. The highest BCUT2D eigenvalue weighted by Crippen LogP contribution is 2.15. The molecule has 0 bridgehead atoms. The van der Waals surface area contributed by atoms with E-state index in [1.807, 2.05) is 30.3 Å². The normalized spacial score (nSPS) is 25.3. The van der Waals surface area contributed by atoms with Crippen molar-refractivity contribution in [2.24, 2.45) is 0 Å². The molecule has 0 saturated heterocycles. The van der Waals surface area contributed by atoms with E-state index >= 15 is 0 Å². The van der Waals surface area contributed by atoms with Crippen LogP contribution in [0.3, 0.4) is 0 Å². The minimum atomic E-state index is -3.34. The molecule has 1 aliphatic rings. The van der Waals surface area contributed by atoms with Crippen LogP contribution in [-0.2, 0) is 30.8 Å². The first-order chi connectivity index (χ1) is 10.5. The Morgan fingerprint density at radius 1 is 1.23 bits per heavy atom. The number of rotatable bonds is 7. The number of benzene rings is 1. The number of hydrogen-bond acceptors (Lipinski definition) is 5. The maximum absolute atomic E-state index is 11.4. The third-order valence-corrected chi connectivity index (χ3v) is 3.86. The molecule has 1 aromatic rings. The van der Waals surface area contributed by atoms with Gasteiger partial charge in [0.05, 0.1) is 25.5 Å². The van der Waals surface area contributed by atoms with Gasteiger partial charge in [-0.15, -0.1) is 0 Å². The molecule has 0 aliphatic carbocycles. The molecular formula is C15H21NO5S. The van der Waals surface area contributed by atoms with E-state index in [4.69, 9.17) is 14.2 Å². The summed E-state index contributed by atoms with van der Waals surface area (Å²) >= 11 is 0. The first-order valence-corrected chi connectivity index (χ1v) is 8.82. The van der Waals surface area contributed by atoms with Crippen molar-refractivity contribution in [2.45, 2.75) is 25.0 Å². The molecule has 0 amide bonds. The van der Waals surface area contributed by atoms with Crippen LogP contribution in [0.5, 0.6) is 0 Å². The van der Waals surface area contributed by atoms with Gasteiger partial charge in [0.25, 0.3) is 0 Å². The van der Waals surface area contributed by atoms with E-state index in [0.717, 1.165) is 11.8 Å². The number of methoxy groups -OCH3 is 1. The van der Waals surface area contributed by atoms with Crippen LogP contribution in [0.25, 0.3) is 0 Å². The van der Waals surface area contributed by atoms with Crippen LogP contribution in [0.15, 0.2) is 42.5 Å². The summed E-state index contributed by atoms with van der Waals surface area (Å²) in [4.78, 5) is 0. The lowest BCUT2D eigenvalue weighted by Gasteiger charge is -2.31. The molecule has 1 aliphatic heterocycles. The minimum Gasteiger partial charge on any atom is -0.374 e. The highest BCUT2D eigenvalue weighted by atomic mass is 32.2. The monoisotopic (exact) mass is 327 g/mol. The molecule has 0 unspecified atom stereocenters. The summed E-state index contributed by atoms with van der Waals surface area (Å²) in [6, 6.07) is 9.27. The lowest BCUT2D eigenvalue weighted by molar-refractivity contribution is -0.154. The highest BCUT2D eigenvalue weighted by Gasteiger charge is 2.29. The molecule has 22 heavy (non-hydrogen) atoms. The topological polar surface area (TPSA) is 73.9 Å². The van der Waals surface area contributed by atoms with Gasteiger partial charge >= 0.3 is 0 Å². The van der Waals surface area contributed by atoms with Crippen molar-refractivity contribution in [3.63, 3.8) is 0 Å². The molecule has 0 spiro atoms. The third kappa shape index (κ3) is 5.51. The molecule has 1 aromatic carbocycles. The zero-order valence-corrected chi connectivity index (χ0v) is 13.5. The van der Waals surface area contributed by atoms with E-state index in [1.165, 1.54) is 7.11 Å². The van der Waals surface area contributed by atoms with Crippen LogP contribution in [0.1, 0.15) is 5.56 Å². The zero-order valence-electron chi connectivity index (χ0n) is 12.6. The van der Waals surface area contributed by atoms with Crippen molar-refractivity contribution in [1.82, 2.24) is 4.72 Å². The largest absolute Gasteiger partial charge is 0.374 e. The van der Waals surface area contributed by atoms with Gasteiger partial charge in [-0.1, -0.05) is 36.4 Å². The average molecular weight is 327 g/mol. The molecule has 2 rings (SSSR count). The van der Waals surface area contributed by atoms with E-state index in [-0.39, 0.29) is 6.61 Å². The molecule has 0 radical (unpaired) electrons. The summed E-state index contributed by atoms with van der Waals surface area (Å²) in [6.45, 7) is 0.694. The Labute approximate surface area is 131 Å². The molecule has 1 N–H and O–H groups in total. The Morgan fingerprint density at radius 2 is 1.95 bits per heavy atom. The van der Waals surface area contributed by atoms with Gasteiger partial charge in [-0.2, -0.15) is 0 Å². The Balaban J connectivity index is 1.94. The van der Waals surface area contributed by atoms with E-state index in [2.05, 4.69) is 4.72 Å². The number of sulfonamides is 1. The number of nitrogens with one attached hydrogen (secondary N) is 1. The molecule has 3 atom stereocenters. The van der Waals surface area contributed by atoms with E-state index < -0.39 is 28.5 Å².